The molecular weight excluding hydrogens is 471 g/mol. The van der Waals surface area contributed by atoms with E-state index in [-0.39, 0.29) is 11.7 Å². The van der Waals surface area contributed by atoms with Crippen LogP contribution in [0, 0.1) is 24.1 Å². The maximum Gasteiger partial charge on any atom is 0.266 e. The number of likely N-dealkylation sites (N-methyl/N-ethyl adjacent to an activating group) is 1. The van der Waals surface area contributed by atoms with Gasteiger partial charge in [0.1, 0.15) is 5.82 Å². The zero-order valence-corrected chi connectivity index (χ0v) is 20.7. The van der Waals surface area contributed by atoms with Crippen LogP contribution in [0.5, 0.6) is 0 Å². The van der Waals surface area contributed by atoms with E-state index in [1.54, 1.807) is 17.0 Å². The Bertz CT molecular complexity index is 1580. The second kappa shape index (κ2) is 9.84. The number of para-hydroxylation sites is 1. The highest BCUT2D eigenvalue weighted by molar-refractivity contribution is 8.18. The maximum atomic E-state index is 13.3. The smallest absolute Gasteiger partial charge is 0.266 e. The molecule has 1 aliphatic heterocycles. The van der Waals surface area contributed by atoms with E-state index in [4.69, 9.17) is 0 Å². The van der Waals surface area contributed by atoms with E-state index in [1.807, 2.05) is 56.3 Å². The monoisotopic (exact) mass is 494 g/mol. The van der Waals surface area contributed by atoms with Crippen LogP contribution in [0.15, 0.2) is 82.7 Å². The number of aromatic nitrogens is 1. The lowest BCUT2D eigenvalue weighted by atomic mass is 10.1. The molecule has 5 nitrogen and oxygen atoms in total. The van der Waals surface area contributed by atoms with Crippen LogP contribution in [0.3, 0.4) is 0 Å². The summed E-state index contributed by atoms with van der Waals surface area (Å²) in [6, 6.07) is 23.9. The normalized spacial score (nSPS) is 15.8. The van der Waals surface area contributed by atoms with Crippen molar-refractivity contribution in [2.24, 2.45) is 4.99 Å². The first kappa shape index (κ1) is 23.6. The lowest BCUT2D eigenvalue weighted by Gasteiger charge is -2.12. The number of carbonyl (C=O) groups excluding carboxylic acids is 1. The minimum absolute atomic E-state index is 0.102. The van der Waals surface area contributed by atoms with E-state index in [0.717, 1.165) is 27.7 Å². The van der Waals surface area contributed by atoms with Crippen LogP contribution < -0.4 is 0 Å². The van der Waals surface area contributed by atoms with Crippen molar-refractivity contribution in [1.82, 2.24) is 9.47 Å². The SMILES string of the molecule is CCN1C(=O)/C(=C\c2c(C)n(Cc3ccccc3C#N)c3ccccc23)SC1=Nc1ccc(F)cc1. The maximum absolute atomic E-state index is 13.3. The standard InChI is InChI=1S/C29H23FN4OS/c1-3-33-28(35)27(36-29(33)32-23-14-12-22(30)13-15-23)16-25-19(2)34(26-11-7-6-10-24(25)26)18-21-9-5-4-8-20(21)17-31/h4-16H,3,18H2,1-2H3/b27-16+,32-29?. The summed E-state index contributed by atoms with van der Waals surface area (Å²) in [6.07, 6.45) is 1.94. The van der Waals surface area contributed by atoms with Gasteiger partial charge in [0.25, 0.3) is 5.91 Å². The molecule has 0 radical (unpaired) electrons. The van der Waals surface area contributed by atoms with Gasteiger partial charge in [-0.05, 0) is 73.6 Å². The molecule has 0 saturated carbocycles. The first-order chi connectivity index (χ1) is 17.5. The van der Waals surface area contributed by atoms with E-state index in [2.05, 4.69) is 27.8 Å². The summed E-state index contributed by atoms with van der Waals surface area (Å²) >= 11 is 1.32. The van der Waals surface area contributed by atoms with Crippen LogP contribution in [0.25, 0.3) is 17.0 Å². The van der Waals surface area contributed by atoms with Crippen LogP contribution in [0.2, 0.25) is 0 Å². The average Bonchev–Trinajstić information content (AvgIpc) is 3.34. The van der Waals surface area contributed by atoms with Gasteiger partial charge in [-0.15, -0.1) is 0 Å². The molecule has 0 unspecified atom stereocenters. The van der Waals surface area contributed by atoms with Crippen LogP contribution in [0.4, 0.5) is 10.1 Å². The van der Waals surface area contributed by atoms with Gasteiger partial charge in [-0.3, -0.25) is 9.69 Å². The molecule has 0 atom stereocenters. The molecule has 1 aromatic heterocycles. The molecule has 2 heterocycles. The summed E-state index contributed by atoms with van der Waals surface area (Å²) in [7, 11) is 0. The van der Waals surface area contributed by atoms with Gasteiger partial charge in [-0.2, -0.15) is 5.26 Å². The van der Waals surface area contributed by atoms with Crippen molar-refractivity contribution in [3.8, 4) is 6.07 Å². The largest absolute Gasteiger partial charge is 0.340 e. The number of nitriles is 1. The zero-order chi connectivity index (χ0) is 25.2. The first-order valence-corrected chi connectivity index (χ1v) is 12.4. The van der Waals surface area contributed by atoms with Gasteiger partial charge in [0, 0.05) is 35.2 Å². The van der Waals surface area contributed by atoms with Crippen LogP contribution in [-0.2, 0) is 11.3 Å². The van der Waals surface area contributed by atoms with Gasteiger partial charge < -0.3 is 4.57 Å². The van der Waals surface area contributed by atoms with Crippen molar-refractivity contribution in [2.75, 3.05) is 6.54 Å². The molecule has 5 rings (SSSR count). The summed E-state index contributed by atoms with van der Waals surface area (Å²) in [5.41, 5.74) is 5.20. The fourth-order valence-corrected chi connectivity index (χ4v) is 5.45. The minimum Gasteiger partial charge on any atom is -0.340 e. The van der Waals surface area contributed by atoms with E-state index in [9.17, 15) is 14.4 Å². The number of benzene rings is 3. The van der Waals surface area contributed by atoms with Gasteiger partial charge in [0.15, 0.2) is 5.17 Å². The molecule has 0 aliphatic carbocycles. The van der Waals surface area contributed by atoms with E-state index in [1.165, 1.54) is 23.9 Å². The van der Waals surface area contributed by atoms with Crippen LogP contribution >= 0.6 is 11.8 Å². The average molecular weight is 495 g/mol. The van der Waals surface area contributed by atoms with E-state index in [0.29, 0.717) is 34.4 Å². The molecule has 4 aromatic rings. The number of carbonyl (C=O) groups is 1. The Balaban J connectivity index is 1.57. The number of amides is 1. The first-order valence-electron chi connectivity index (χ1n) is 11.6. The Morgan fingerprint density at radius 1 is 1.06 bits per heavy atom. The minimum atomic E-state index is -0.328. The van der Waals surface area contributed by atoms with Crippen molar-refractivity contribution < 1.29 is 9.18 Å². The molecule has 36 heavy (non-hydrogen) atoms. The predicted octanol–water partition coefficient (Wildman–Crippen LogP) is 6.63. The third-order valence-electron chi connectivity index (χ3n) is 6.28. The lowest BCUT2D eigenvalue weighted by Crippen LogP contribution is -2.28. The number of thioether (sulfide) groups is 1. The Morgan fingerprint density at radius 3 is 2.53 bits per heavy atom. The zero-order valence-electron chi connectivity index (χ0n) is 19.9. The van der Waals surface area contributed by atoms with Crippen molar-refractivity contribution in [3.63, 3.8) is 0 Å². The molecule has 1 fully saturated rings. The summed E-state index contributed by atoms with van der Waals surface area (Å²) in [6.45, 7) is 4.98. The van der Waals surface area contributed by atoms with Crippen molar-refractivity contribution in [3.05, 3.63) is 106 Å². The van der Waals surface area contributed by atoms with Crippen molar-refractivity contribution in [2.45, 2.75) is 20.4 Å². The summed E-state index contributed by atoms with van der Waals surface area (Å²) < 4.78 is 15.5. The number of rotatable bonds is 5. The molecule has 1 amide bonds. The summed E-state index contributed by atoms with van der Waals surface area (Å²) in [4.78, 5) is 20.1. The quantitative estimate of drug-likeness (QED) is 0.293. The molecular formula is C29H23FN4OS. The van der Waals surface area contributed by atoms with Crippen molar-refractivity contribution in [1.29, 1.82) is 5.26 Å². The Morgan fingerprint density at radius 2 is 1.78 bits per heavy atom. The lowest BCUT2D eigenvalue weighted by molar-refractivity contribution is -0.122. The summed E-state index contributed by atoms with van der Waals surface area (Å²) in [5, 5.41) is 11.2. The molecule has 3 aromatic carbocycles. The van der Waals surface area contributed by atoms with Crippen LogP contribution in [0.1, 0.15) is 29.3 Å². The number of hydrogen-bond donors (Lipinski definition) is 0. The number of halogens is 1. The fourth-order valence-electron chi connectivity index (χ4n) is 4.41. The van der Waals surface area contributed by atoms with Gasteiger partial charge in [0.05, 0.1) is 22.2 Å². The van der Waals surface area contributed by atoms with Gasteiger partial charge in [-0.25, -0.2) is 9.38 Å². The Hall–Kier alpha value is -4.15. The number of fused-ring (bicyclic) bond motifs is 1. The number of aliphatic imine (C=N–C) groups is 1. The highest BCUT2D eigenvalue weighted by Crippen LogP contribution is 2.37. The number of amidine groups is 1. The molecule has 178 valence electrons. The highest BCUT2D eigenvalue weighted by atomic mass is 32.2. The Labute approximate surface area is 213 Å². The molecule has 0 spiro atoms. The van der Waals surface area contributed by atoms with Gasteiger partial charge in [0.2, 0.25) is 0 Å². The molecule has 0 bridgehead atoms. The summed E-state index contributed by atoms with van der Waals surface area (Å²) in [5.74, 6) is -0.430. The second-order valence-corrected chi connectivity index (χ2v) is 9.41. The molecule has 1 aliphatic rings. The van der Waals surface area contributed by atoms with E-state index >= 15 is 0 Å². The molecule has 7 heteroatoms. The molecule has 0 N–H and O–H groups in total. The third-order valence-corrected chi connectivity index (χ3v) is 7.28. The van der Waals surface area contributed by atoms with Crippen LogP contribution in [-0.4, -0.2) is 27.1 Å². The van der Waals surface area contributed by atoms with E-state index < -0.39 is 0 Å². The third kappa shape index (κ3) is 4.32. The van der Waals surface area contributed by atoms with Gasteiger partial charge >= 0.3 is 0 Å². The predicted molar refractivity (Wildman–Crippen MR) is 143 cm³/mol. The van der Waals surface area contributed by atoms with Crippen molar-refractivity contribution >= 4 is 45.5 Å². The number of hydrogen-bond acceptors (Lipinski definition) is 4. The highest BCUT2D eigenvalue weighted by Gasteiger charge is 2.32. The molecule has 1 saturated heterocycles. The topological polar surface area (TPSA) is 61.4 Å². The Kier molecular flexibility index (Phi) is 6.45. The number of nitrogens with zero attached hydrogens (tertiary/aromatic N) is 4. The fraction of sp³-hybridized carbons (Fsp3) is 0.138. The second-order valence-electron chi connectivity index (χ2n) is 8.40. The van der Waals surface area contributed by atoms with Gasteiger partial charge in [-0.1, -0.05) is 36.4 Å².